The molecule has 2 aromatic rings. The highest BCUT2D eigenvalue weighted by molar-refractivity contribution is 5.76. The minimum Gasteiger partial charge on any atom is -0.490 e. The predicted molar refractivity (Wildman–Crippen MR) is 115 cm³/mol. The smallest absolute Gasteiger partial charge is 0.222 e. The molecule has 0 unspecified atom stereocenters. The maximum Gasteiger partial charge on any atom is 0.222 e. The molecule has 0 radical (unpaired) electrons. The molecule has 0 aromatic heterocycles. The Morgan fingerprint density at radius 2 is 1.75 bits per heavy atom. The summed E-state index contributed by atoms with van der Waals surface area (Å²) in [6.45, 7) is 7.99. The molecule has 150 valence electrons. The van der Waals surface area contributed by atoms with Gasteiger partial charge in [-0.05, 0) is 43.9 Å². The Balaban J connectivity index is 1.78. The van der Waals surface area contributed by atoms with Gasteiger partial charge in [-0.2, -0.15) is 0 Å². The lowest BCUT2D eigenvalue weighted by Crippen LogP contribution is -2.35. The summed E-state index contributed by atoms with van der Waals surface area (Å²) in [6.07, 6.45) is 3.58. The third-order valence-electron chi connectivity index (χ3n) is 5.24. The SMILES string of the molecule is CCCC(=O)N1CCCCN(Cc2ccc(C)cc2)c2ccccc2OCC1. The van der Waals surface area contributed by atoms with Crippen molar-refractivity contribution in [1.29, 1.82) is 0 Å². The quantitative estimate of drug-likeness (QED) is 0.764. The van der Waals surface area contributed by atoms with Crippen LogP contribution in [0.15, 0.2) is 48.5 Å². The molecule has 4 heteroatoms. The van der Waals surface area contributed by atoms with Crippen molar-refractivity contribution >= 4 is 11.6 Å². The first-order valence-electron chi connectivity index (χ1n) is 10.5. The molecule has 0 fully saturated rings. The first-order chi connectivity index (χ1) is 13.7. The van der Waals surface area contributed by atoms with Gasteiger partial charge in [-0.25, -0.2) is 0 Å². The van der Waals surface area contributed by atoms with Crippen LogP contribution >= 0.6 is 0 Å². The molecule has 0 N–H and O–H groups in total. The molecule has 1 aliphatic heterocycles. The van der Waals surface area contributed by atoms with Gasteiger partial charge in [-0.3, -0.25) is 4.79 Å². The highest BCUT2D eigenvalue weighted by atomic mass is 16.5. The lowest BCUT2D eigenvalue weighted by atomic mass is 10.1. The van der Waals surface area contributed by atoms with Gasteiger partial charge in [0, 0.05) is 26.1 Å². The summed E-state index contributed by atoms with van der Waals surface area (Å²) in [5, 5.41) is 0. The predicted octanol–water partition coefficient (Wildman–Crippen LogP) is 4.80. The molecule has 1 amide bonds. The molecule has 0 atom stereocenters. The summed E-state index contributed by atoms with van der Waals surface area (Å²) in [5.41, 5.74) is 3.72. The highest BCUT2D eigenvalue weighted by Crippen LogP contribution is 2.30. The number of benzene rings is 2. The zero-order valence-electron chi connectivity index (χ0n) is 17.2. The van der Waals surface area contributed by atoms with Crippen LogP contribution in [0, 0.1) is 6.92 Å². The van der Waals surface area contributed by atoms with Crippen LogP contribution in [0.5, 0.6) is 5.75 Å². The molecular weight excluding hydrogens is 348 g/mol. The van der Waals surface area contributed by atoms with Crippen molar-refractivity contribution in [3.63, 3.8) is 0 Å². The highest BCUT2D eigenvalue weighted by Gasteiger charge is 2.17. The van der Waals surface area contributed by atoms with Gasteiger partial charge in [0.15, 0.2) is 0 Å². The van der Waals surface area contributed by atoms with Crippen molar-refractivity contribution in [2.75, 3.05) is 31.1 Å². The minimum atomic E-state index is 0.246. The number of carbonyl (C=O) groups is 1. The van der Waals surface area contributed by atoms with Crippen molar-refractivity contribution in [2.24, 2.45) is 0 Å². The average molecular weight is 381 g/mol. The average Bonchev–Trinajstić information content (AvgIpc) is 2.74. The summed E-state index contributed by atoms with van der Waals surface area (Å²) < 4.78 is 6.13. The number of aryl methyl sites for hydroxylation is 1. The number of ether oxygens (including phenoxy) is 1. The molecule has 3 rings (SSSR count). The number of fused-ring (bicyclic) bond motifs is 1. The zero-order chi connectivity index (χ0) is 19.8. The fourth-order valence-corrected chi connectivity index (χ4v) is 3.64. The second-order valence-corrected chi connectivity index (χ2v) is 7.56. The Morgan fingerprint density at radius 1 is 1.00 bits per heavy atom. The number of carbonyl (C=O) groups excluding carboxylic acids is 1. The number of para-hydroxylation sites is 2. The topological polar surface area (TPSA) is 32.8 Å². The molecule has 0 spiro atoms. The van der Waals surface area contributed by atoms with E-state index in [4.69, 9.17) is 4.74 Å². The Morgan fingerprint density at radius 3 is 2.54 bits per heavy atom. The van der Waals surface area contributed by atoms with Crippen LogP contribution < -0.4 is 9.64 Å². The van der Waals surface area contributed by atoms with E-state index >= 15 is 0 Å². The number of rotatable bonds is 4. The van der Waals surface area contributed by atoms with Gasteiger partial charge >= 0.3 is 0 Å². The molecule has 1 aliphatic rings. The van der Waals surface area contributed by atoms with Crippen molar-refractivity contribution in [2.45, 2.75) is 46.1 Å². The maximum absolute atomic E-state index is 12.4. The Bertz CT molecular complexity index is 757. The van der Waals surface area contributed by atoms with E-state index in [1.54, 1.807) is 0 Å². The van der Waals surface area contributed by atoms with Gasteiger partial charge in [-0.1, -0.05) is 48.9 Å². The van der Waals surface area contributed by atoms with Crippen LogP contribution in [0.4, 0.5) is 5.69 Å². The summed E-state index contributed by atoms with van der Waals surface area (Å²) in [5.74, 6) is 1.15. The van der Waals surface area contributed by atoms with Gasteiger partial charge in [0.05, 0.1) is 12.2 Å². The van der Waals surface area contributed by atoms with Crippen LogP contribution in [0.25, 0.3) is 0 Å². The van der Waals surface area contributed by atoms with Gasteiger partial charge in [-0.15, -0.1) is 0 Å². The van der Waals surface area contributed by atoms with Crippen molar-refractivity contribution < 1.29 is 9.53 Å². The lowest BCUT2D eigenvalue weighted by molar-refractivity contribution is -0.131. The monoisotopic (exact) mass is 380 g/mol. The first-order valence-corrected chi connectivity index (χ1v) is 10.5. The zero-order valence-corrected chi connectivity index (χ0v) is 17.2. The maximum atomic E-state index is 12.4. The number of hydrogen-bond donors (Lipinski definition) is 0. The number of amides is 1. The summed E-state index contributed by atoms with van der Waals surface area (Å²) in [6, 6.07) is 17.0. The fourth-order valence-electron chi connectivity index (χ4n) is 3.64. The van der Waals surface area contributed by atoms with Crippen molar-refractivity contribution in [1.82, 2.24) is 4.90 Å². The normalized spacial score (nSPS) is 15.4. The van der Waals surface area contributed by atoms with E-state index in [1.807, 2.05) is 17.0 Å². The molecule has 28 heavy (non-hydrogen) atoms. The fraction of sp³-hybridized carbons (Fsp3) is 0.458. The molecular formula is C24H32N2O2. The molecule has 1 heterocycles. The van der Waals surface area contributed by atoms with Gasteiger partial charge < -0.3 is 14.5 Å². The number of hydrogen-bond acceptors (Lipinski definition) is 3. The Hall–Kier alpha value is -2.49. The van der Waals surface area contributed by atoms with E-state index < -0.39 is 0 Å². The second kappa shape index (κ2) is 10.2. The van der Waals surface area contributed by atoms with Gasteiger partial charge in [0.25, 0.3) is 0 Å². The van der Waals surface area contributed by atoms with E-state index in [0.29, 0.717) is 19.6 Å². The third-order valence-corrected chi connectivity index (χ3v) is 5.24. The minimum absolute atomic E-state index is 0.246. The summed E-state index contributed by atoms with van der Waals surface area (Å²) in [7, 11) is 0. The van der Waals surface area contributed by atoms with Crippen molar-refractivity contribution in [3.05, 3.63) is 59.7 Å². The van der Waals surface area contributed by atoms with Crippen LogP contribution in [0.1, 0.15) is 43.7 Å². The molecule has 0 bridgehead atoms. The molecule has 0 saturated heterocycles. The van der Waals surface area contributed by atoms with E-state index in [0.717, 1.165) is 50.3 Å². The van der Waals surface area contributed by atoms with Crippen LogP contribution in [-0.2, 0) is 11.3 Å². The first kappa shape index (κ1) is 20.2. The standard InChI is InChI=1S/C24H32N2O2/c1-3-8-24(27)25-15-6-7-16-26(19-21-13-11-20(2)12-14-21)22-9-4-5-10-23(22)28-18-17-25/h4-5,9-14H,3,6-8,15-19H2,1-2H3. The number of nitrogens with zero attached hydrogens (tertiary/aromatic N) is 2. The van der Waals surface area contributed by atoms with Gasteiger partial charge in [0.1, 0.15) is 12.4 Å². The number of anilines is 1. The van der Waals surface area contributed by atoms with Crippen molar-refractivity contribution in [3.8, 4) is 5.75 Å². The van der Waals surface area contributed by atoms with E-state index in [-0.39, 0.29) is 5.91 Å². The second-order valence-electron chi connectivity index (χ2n) is 7.56. The summed E-state index contributed by atoms with van der Waals surface area (Å²) in [4.78, 5) is 16.8. The van der Waals surface area contributed by atoms with Crippen LogP contribution in [0.2, 0.25) is 0 Å². The lowest BCUT2D eigenvalue weighted by Gasteiger charge is -2.27. The van der Waals surface area contributed by atoms with Crippen LogP contribution in [-0.4, -0.2) is 37.0 Å². The molecule has 0 aliphatic carbocycles. The van der Waals surface area contributed by atoms with E-state index in [1.165, 1.54) is 11.1 Å². The largest absolute Gasteiger partial charge is 0.490 e. The Kier molecular flexibility index (Phi) is 7.35. The Labute approximate surface area is 169 Å². The van der Waals surface area contributed by atoms with E-state index in [9.17, 15) is 4.79 Å². The molecule has 2 aromatic carbocycles. The molecule has 4 nitrogen and oxygen atoms in total. The molecule has 0 saturated carbocycles. The summed E-state index contributed by atoms with van der Waals surface area (Å²) >= 11 is 0. The van der Waals surface area contributed by atoms with Crippen LogP contribution in [0.3, 0.4) is 0 Å². The third kappa shape index (κ3) is 5.51. The van der Waals surface area contributed by atoms with Gasteiger partial charge in [0.2, 0.25) is 5.91 Å². The van der Waals surface area contributed by atoms with E-state index in [2.05, 4.69) is 55.1 Å².